The molecule has 9 nitrogen and oxygen atoms in total. The fraction of sp³-hybridized carbons (Fsp3) is 0.148. The molecule has 0 bridgehead atoms. The molecule has 0 saturated heterocycles. The number of carbonyl (C=O) groups is 1. The standard InChI is InChI=1S/C27H23Cl2N3O6S.Na/c1-3-15-12-20(29)25(22(13-15)39(35,36)37)32-31-23-17-9-6-5-8-16(17)14-18(26(23)33)27(34)30-24-19(28)10-7-11-21(24)38-4-2;/h5-14,33H,3-4H2,1-2H3,(H,30,34)(H,35,36,37);/q;+1/p-1. The van der Waals surface area contributed by atoms with Crippen LogP contribution in [0.1, 0.15) is 29.8 Å². The Balaban J connectivity index is 0.00000441. The number of anilines is 1. The van der Waals surface area contributed by atoms with Crippen molar-refractivity contribution in [1.29, 1.82) is 0 Å². The smallest absolute Gasteiger partial charge is 0.870 e. The summed E-state index contributed by atoms with van der Waals surface area (Å²) < 4.78 is 39.4. The Morgan fingerprint density at radius 2 is 1.70 bits per heavy atom. The van der Waals surface area contributed by atoms with Gasteiger partial charge in [-0.2, -0.15) is 13.5 Å². The van der Waals surface area contributed by atoms with Crippen LogP contribution in [0.2, 0.25) is 10.0 Å². The van der Waals surface area contributed by atoms with Crippen LogP contribution in [0.4, 0.5) is 17.1 Å². The molecule has 0 heterocycles. The van der Waals surface area contributed by atoms with E-state index in [9.17, 15) is 22.9 Å². The topological polar surface area (TPSA) is 140 Å². The van der Waals surface area contributed by atoms with Crippen LogP contribution in [-0.2, 0) is 16.5 Å². The van der Waals surface area contributed by atoms with E-state index in [1.807, 2.05) is 0 Å². The molecule has 0 radical (unpaired) electrons. The van der Waals surface area contributed by atoms with E-state index in [1.54, 1.807) is 56.3 Å². The molecule has 4 rings (SSSR count). The van der Waals surface area contributed by atoms with Gasteiger partial charge >= 0.3 is 29.6 Å². The Morgan fingerprint density at radius 1 is 1.00 bits per heavy atom. The van der Waals surface area contributed by atoms with Crippen LogP contribution < -0.4 is 44.7 Å². The molecular formula is C27H22Cl2N3NaO6S. The fourth-order valence-corrected chi connectivity index (χ4v) is 5.13. The van der Waals surface area contributed by atoms with Gasteiger partial charge in [0.25, 0.3) is 16.0 Å². The van der Waals surface area contributed by atoms with Gasteiger partial charge in [0.2, 0.25) is 0 Å². The molecule has 0 unspecified atom stereocenters. The molecule has 13 heteroatoms. The summed E-state index contributed by atoms with van der Waals surface area (Å²) in [6.07, 6.45) is 0.447. The summed E-state index contributed by atoms with van der Waals surface area (Å²) in [6, 6.07) is 15.7. The van der Waals surface area contributed by atoms with Crippen LogP contribution in [0.3, 0.4) is 0 Å². The number of aryl methyl sites for hydroxylation is 1. The molecule has 2 N–H and O–H groups in total. The van der Waals surface area contributed by atoms with Crippen LogP contribution in [-0.4, -0.2) is 25.5 Å². The van der Waals surface area contributed by atoms with E-state index < -0.39 is 26.7 Å². The van der Waals surface area contributed by atoms with Crippen molar-refractivity contribution in [3.8, 4) is 11.5 Å². The van der Waals surface area contributed by atoms with Gasteiger partial charge in [0.15, 0.2) is 0 Å². The molecule has 4 aromatic carbocycles. The average Bonchev–Trinajstić information content (AvgIpc) is 2.89. The van der Waals surface area contributed by atoms with Gasteiger partial charge in [-0.05, 0) is 54.6 Å². The van der Waals surface area contributed by atoms with E-state index in [4.69, 9.17) is 27.9 Å². The first kappa shape index (κ1) is 31.8. The molecule has 0 spiro atoms. The molecule has 0 aliphatic carbocycles. The zero-order chi connectivity index (χ0) is 28.3. The Labute approximate surface area is 263 Å². The number of fused-ring (bicyclic) bond motifs is 1. The number of hydrogen-bond donors (Lipinski definition) is 2. The largest absolute Gasteiger partial charge is 1.00 e. The van der Waals surface area contributed by atoms with Gasteiger partial charge in [-0.3, -0.25) is 9.35 Å². The van der Waals surface area contributed by atoms with Crippen LogP contribution in [0, 0.1) is 0 Å². The van der Waals surface area contributed by atoms with E-state index in [1.165, 1.54) is 18.2 Å². The summed E-state index contributed by atoms with van der Waals surface area (Å²) in [5.74, 6) is -1.20. The number of para-hydroxylation sites is 1. The average molecular weight is 610 g/mol. The first-order valence-electron chi connectivity index (χ1n) is 11.7. The number of hydrogen-bond acceptors (Lipinski definition) is 7. The van der Waals surface area contributed by atoms with E-state index in [0.29, 0.717) is 35.1 Å². The number of rotatable bonds is 8. The van der Waals surface area contributed by atoms with Crippen LogP contribution in [0.15, 0.2) is 75.8 Å². The summed E-state index contributed by atoms with van der Waals surface area (Å²) in [4.78, 5) is 12.7. The number of carbonyl (C=O) groups excluding carboxylic acids is 1. The molecule has 0 fully saturated rings. The SMILES string of the molecule is CCOc1cccc(Cl)c1NC(=O)c1cc2ccccc2c(N=Nc2c(Cl)cc(CC)cc2S(=O)(=O)O)c1[O-].[Na+]. The number of azo groups is 1. The van der Waals surface area contributed by atoms with Crippen LogP contribution in [0.5, 0.6) is 11.5 Å². The van der Waals surface area contributed by atoms with Gasteiger partial charge in [-0.1, -0.05) is 66.2 Å². The normalized spacial score (nSPS) is 11.4. The molecule has 0 saturated carbocycles. The molecule has 0 aliphatic rings. The summed E-state index contributed by atoms with van der Waals surface area (Å²) in [5.41, 5.74) is -0.0764. The third kappa shape index (κ3) is 6.77. The molecule has 202 valence electrons. The summed E-state index contributed by atoms with van der Waals surface area (Å²) in [7, 11) is -4.72. The zero-order valence-electron chi connectivity index (χ0n) is 21.7. The first-order chi connectivity index (χ1) is 18.5. The third-order valence-electron chi connectivity index (χ3n) is 5.76. The Morgan fingerprint density at radius 3 is 2.38 bits per heavy atom. The minimum Gasteiger partial charge on any atom is -0.870 e. The Kier molecular flexibility index (Phi) is 10.6. The molecule has 0 aliphatic heterocycles. The molecule has 0 aromatic heterocycles. The monoisotopic (exact) mass is 609 g/mol. The second-order valence-electron chi connectivity index (χ2n) is 8.28. The maximum absolute atomic E-state index is 13.5. The number of amides is 1. The Bertz CT molecular complexity index is 1730. The van der Waals surface area contributed by atoms with Gasteiger partial charge in [-0.25, -0.2) is 0 Å². The second-order valence-corrected chi connectivity index (χ2v) is 10.5. The maximum Gasteiger partial charge on any atom is 1.00 e. The van der Waals surface area contributed by atoms with Crippen molar-refractivity contribution in [2.75, 3.05) is 11.9 Å². The van der Waals surface area contributed by atoms with Gasteiger partial charge < -0.3 is 15.2 Å². The predicted octanol–water partition coefficient (Wildman–Crippen LogP) is 4.10. The number of nitrogens with one attached hydrogen (secondary N) is 1. The number of ether oxygens (including phenoxy) is 1. The molecule has 40 heavy (non-hydrogen) atoms. The summed E-state index contributed by atoms with van der Waals surface area (Å²) in [6.45, 7) is 3.88. The second kappa shape index (κ2) is 13.3. The van der Waals surface area contributed by atoms with Crippen molar-refractivity contribution in [1.82, 2.24) is 0 Å². The third-order valence-corrected chi connectivity index (χ3v) is 7.23. The van der Waals surface area contributed by atoms with E-state index >= 15 is 0 Å². The molecule has 0 atom stereocenters. The van der Waals surface area contributed by atoms with E-state index in [0.717, 1.165) is 0 Å². The van der Waals surface area contributed by atoms with Crippen molar-refractivity contribution in [3.05, 3.63) is 81.8 Å². The number of halogens is 2. The molecule has 4 aromatic rings. The van der Waals surface area contributed by atoms with Crippen LogP contribution in [0.25, 0.3) is 10.8 Å². The van der Waals surface area contributed by atoms with Crippen molar-refractivity contribution in [3.63, 3.8) is 0 Å². The van der Waals surface area contributed by atoms with Gasteiger partial charge in [-0.15, -0.1) is 5.11 Å². The maximum atomic E-state index is 13.5. The number of benzene rings is 4. The quantitative estimate of drug-likeness (QED) is 0.175. The minimum atomic E-state index is -4.72. The molecular weight excluding hydrogens is 588 g/mol. The van der Waals surface area contributed by atoms with Crippen molar-refractivity contribution in [2.24, 2.45) is 10.2 Å². The minimum absolute atomic E-state index is 0. The van der Waals surface area contributed by atoms with Crippen molar-refractivity contribution in [2.45, 2.75) is 25.2 Å². The first-order valence-corrected chi connectivity index (χ1v) is 13.9. The fourth-order valence-electron chi connectivity index (χ4n) is 3.88. The predicted molar refractivity (Wildman–Crippen MR) is 149 cm³/mol. The van der Waals surface area contributed by atoms with Gasteiger partial charge in [0.05, 0.1) is 22.3 Å². The zero-order valence-corrected chi connectivity index (χ0v) is 26.1. The number of nitrogens with zero attached hydrogens (tertiary/aromatic N) is 2. The van der Waals surface area contributed by atoms with E-state index in [2.05, 4.69) is 15.5 Å². The molecule has 1 amide bonds. The van der Waals surface area contributed by atoms with Crippen molar-refractivity contribution < 1.29 is 57.2 Å². The van der Waals surface area contributed by atoms with Crippen molar-refractivity contribution >= 4 is 67.1 Å². The van der Waals surface area contributed by atoms with Gasteiger partial charge in [0.1, 0.15) is 22.0 Å². The van der Waals surface area contributed by atoms with E-state index in [-0.39, 0.29) is 62.2 Å². The van der Waals surface area contributed by atoms with Gasteiger partial charge in [0, 0.05) is 10.9 Å². The Hall–Kier alpha value is -2.70. The summed E-state index contributed by atoms with van der Waals surface area (Å²) in [5, 5.41) is 25.1. The summed E-state index contributed by atoms with van der Waals surface area (Å²) >= 11 is 12.6. The van der Waals surface area contributed by atoms with Crippen LogP contribution >= 0.6 is 23.2 Å².